The van der Waals surface area contributed by atoms with Crippen molar-refractivity contribution in [2.45, 2.75) is 59.3 Å². The molecular weight excluding hydrogens is 594 g/mol. The number of carboxylic acids is 1. The highest BCUT2D eigenvalue weighted by Crippen LogP contribution is 2.24. The van der Waals surface area contributed by atoms with Crippen LogP contribution < -0.4 is 38.3 Å². The molecular formula is C31H39N9O6. The Morgan fingerprint density at radius 2 is 1.74 bits per heavy atom. The summed E-state index contributed by atoms with van der Waals surface area (Å²) in [5.74, 6) is -3.22. The van der Waals surface area contributed by atoms with Gasteiger partial charge in [-0.2, -0.15) is 0 Å². The molecule has 46 heavy (non-hydrogen) atoms. The van der Waals surface area contributed by atoms with Crippen LogP contribution in [0.1, 0.15) is 66.0 Å². The van der Waals surface area contributed by atoms with Crippen LogP contribution >= 0.6 is 0 Å². The first kappa shape index (κ1) is 34.8. The Labute approximate surface area is 265 Å². The van der Waals surface area contributed by atoms with E-state index in [-0.39, 0.29) is 64.3 Å². The van der Waals surface area contributed by atoms with Crippen LogP contribution in [-0.2, 0) is 22.7 Å². The van der Waals surface area contributed by atoms with Crippen molar-refractivity contribution in [2.75, 3.05) is 17.6 Å². The van der Waals surface area contributed by atoms with Gasteiger partial charge in [-0.05, 0) is 57.0 Å². The van der Waals surface area contributed by atoms with Crippen LogP contribution in [0.25, 0.3) is 11.3 Å². The lowest BCUT2D eigenvalue weighted by Crippen LogP contribution is -2.35. The molecule has 0 saturated heterocycles. The summed E-state index contributed by atoms with van der Waals surface area (Å²) in [6, 6.07) is 8.73. The largest absolute Gasteiger partial charge is 0.480 e. The standard InChI is InChI=1S/C31H39N9O6/c1-5-17(4)39-29(44)21-8-20(9-22(32)10-21)24-13-36-28(38-16(2)3)31(46)40(24)15-25(41)35-12-19-7-6-18(27(33)34)11-23(19)30(45)37-14-26(42)43/h6-11,13,16-17H,5,12,14-15,32H2,1-4H3,(H3,33,34)(H,35,41)(H,36,38)(H,37,45)(H,39,44)(H,42,43)/t17-/m1/s1. The minimum absolute atomic E-state index is 0.0161. The van der Waals surface area contributed by atoms with Crippen LogP contribution in [0.5, 0.6) is 0 Å². The van der Waals surface area contributed by atoms with Crippen LogP contribution in [0.15, 0.2) is 47.4 Å². The average molecular weight is 634 g/mol. The van der Waals surface area contributed by atoms with Crippen molar-refractivity contribution >= 4 is 41.0 Å². The summed E-state index contributed by atoms with van der Waals surface area (Å²) in [4.78, 5) is 67.7. The van der Waals surface area contributed by atoms with E-state index >= 15 is 0 Å². The molecule has 15 heteroatoms. The fourth-order valence-corrected chi connectivity index (χ4v) is 4.34. The van der Waals surface area contributed by atoms with Gasteiger partial charge in [-0.25, -0.2) is 4.98 Å². The van der Waals surface area contributed by atoms with Crippen molar-refractivity contribution in [3.8, 4) is 11.3 Å². The minimum atomic E-state index is -1.25. The van der Waals surface area contributed by atoms with Crippen LogP contribution in [0.4, 0.5) is 11.5 Å². The SMILES string of the molecule is CC[C@@H](C)NC(=O)c1cc(N)cc(-c2cnc(NC(C)C)c(=O)n2CC(=O)NCc2ccc(C(=N)N)cc2C(=O)NCC(=O)O)c1. The maximum Gasteiger partial charge on any atom is 0.322 e. The van der Waals surface area contributed by atoms with Gasteiger partial charge in [0, 0.05) is 46.6 Å². The van der Waals surface area contributed by atoms with Gasteiger partial charge in [0.25, 0.3) is 17.4 Å². The maximum atomic E-state index is 13.6. The molecule has 244 valence electrons. The van der Waals surface area contributed by atoms with Gasteiger partial charge in [-0.1, -0.05) is 19.1 Å². The average Bonchev–Trinajstić information content (AvgIpc) is 2.99. The summed E-state index contributed by atoms with van der Waals surface area (Å²) in [7, 11) is 0. The molecule has 0 aliphatic carbocycles. The first-order valence-corrected chi connectivity index (χ1v) is 14.5. The molecule has 0 unspecified atom stereocenters. The second-order valence-corrected chi connectivity index (χ2v) is 10.9. The van der Waals surface area contributed by atoms with Gasteiger partial charge in [0.2, 0.25) is 5.91 Å². The molecule has 0 bridgehead atoms. The van der Waals surface area contributed by atoms with E-state index in [4.69, 9.17) is 22.0 Å². The van der Waals surface area contributed by atoms with E-state index in [1.165, 1.54) is 35.0 Å². The molecule has 0 spiro atoms. The molecule has 1 heterocycles. The highest BCUT2D eigenvalue weighted by molar-refractivity contribution is 6.01. The van der Waals surface area contributed by atoms with Crippen molar-refractivity contribution in [1.82, 2.24) is 25.5 Å². The Bertz CT molecular complexity index is 1720. The molecule has 15 nitrogen and oxygen atoms in total. The van der Waals surface area contributed by atoms with E-state index < -0.39 is 36.4 Å². The number of carbonyl (C=O) groups excluding carboxylic acids is 3. The summed E-state index contributed by atoms with van der Waals surface area (Å²) in [6.45, 7) is 6.20. The van der Waals surface area contributed by atoms with Gasteiger partial charge in [0.05, 0.1) is 11.9 Å². The summed E-state index contributed by atoms with van der Waals surface area (Å²) >= 11 is 0. The number of hydrogen-bond donors (Lipinski definition) is 8. The van der Waals surface area contributed by atoms with Gasteiger partial charge < -0.3 is 37.8 Å². The van der Waals surface area contributed by atoms with E-state index in [1.54, 1.807) is 12.1 Å². The maximum absolute atomic E-state index is 13.6. The number of rotatable bonds is 14. The number of carbonyl (C=O) groups is 4. The van der Waals surface area contributed by atoms with Crippen molar-refractivity contribution in [3.05, 3.63) is 75.2 Å². The number of aromatic nitrogens is 2. The summed E-state index contributed by atoms with van der Waals surface area (Å²) in [5, 5.41) is 27.4. The number of nitrogens with one attached hydrogen (secondary N) is 5. The summed E-state index contributed by atoms with van der Waals surface area (Å²) < 4.78 is 1.21. The summed E-state index contributed by atoms with van der Waals surface area (Å²) in [5.41, 5.74) is 12.8. The number of nitrogen functional groups attached to an aromatic ring is 2. The Balaban J connectivity index is 1.97. The van der Waals surface area contributed by atoms with Gasteiger partial charge >= 0.3 is 5.97 Å². The van der Waals surface area contributed by atoms with E-state index in [2.05, 4.69) is 26.3 Å². The third-order valence-electron chi connectivity index (χ3n) is 6.83. The quantitative estimate of drug-likeness (QED) is 0.0717. The zero-order valence-electron chi connectivity index (χ0n) is 26.1. The fourth-order valence-electron chi connectivity index (χ4n) is 4.34. The topological polar surface area (TPSA) is 247 Å². The van der Waals surface area contributed by atoms with Crippen LogP contribution in [0.3, 0.4) is 0 Å². The van der Waals surface area contributed by atoms with Gasteiger partial charge in [0.1, 0.15) is 18.9 Å². The third kappa shape index (κ3) is 9.14. The molecule has 3 rings (SSSR count). The number of benzene rings is 2. The molecule has 10 N–H and O–H groups in total. The predicted octanol–water partition coefficient (Wildman–Crippen LogP) is 1.26. The normalized spacial score (nSPS) is 11.4. The number of anilines is 2. The molecule has 2 aromatic carbocycles. The molecule has 0 fully saturated rings. The third-order valence-corrected chi connectivity index (χ3v) is 6.83. The lowest BCUT2D eigenvalue weighted by molar-refractivity contribution is -0.135. The molecule has 0 radical (unpaired) electrons. The number of amides is 3. The van der Waals surface area contributed by atoms with E-state index in [0.717, 1.165) is 6.42 Å². The van der Waals surface area contributed by atoms with Crippen molar-refractivity contribution in [2.24, 2.45) is 5.73 Å². The molecule has 0 aliphatic rings. The van der Waals surface area contributed by atoms with Crippen LogP contribution in [0, 0.1) is 5.41 Å². The monoisotopic (exact) mass is 633 g/mol. The molecule has 1 atom stereocenters. The van der Waals surface area contributed by atoms with Crippen LogP contribution in [-0.4, -0.2) is 62.8 Å². The van der Waals surface area contributed by atoms with Gasteiger partial charge in [-0.3, -0.25) is 33.9 Å². The fraction of sp³-hybridized carbons (Fsp3) is 0.323. The first-order valence-electron chi connectivity index (χ1n) is 14.5. The number of aliphatic carboxylic acids is 1. The molecule has 3 aromatic rings. The molecule has 0 aliphatic heterocycles. The highest BCUT2D eigenvalue weighted by Gasteiger charge is 2.19. The summed E-state index contributed by atoms with van der Waals surface area (Å²) in [6.07, 6.45) is 2.13. The zero-order valence-corrected chi connectivity index (χ0v) is 26.1. The van der Waals surface area contributed by atoms with Crippen molar-refractivity contribution in [1.29, 1.82) is 5.41 Å². The molecule has 0 saturated carbocycles. The Kier molecular flexibility index (Phi) is 11.6. The second kappa shape index (κ2) is 15.3. The van der Waals surface area contributed by atoms with E-state index in [1.807, 2.05) is 27.7 Å². The van der Waals surface area contributed by atoms with E-state index in [9.17, 15) is 24.0 Å². The Morgan fingerprint density at radius 3 is 2.37 bits per heavy atom. The van der Waals surface area contributed by atoms with E-state index in [0.29, 0.717) is 11.1 Å². The lowest BCUT2D eigenvalue weighted by Gasteiger charge is -2.18. The van der Waals surface area contributed by atoms with Crippen LogP contribution in [0.2, 0.25) is 0 Å². The van der Waals surface area contributed by atoms with Gasteiger partial charge in [-0.15, -0.1) is 0 Å². The second-order valence-electron chi connectivity index (χ2n) is 10.9. The molecule has 3 amide bonds. The number of nitrogens with two attached hydrogens (primary N) is 2. The minimum Gasteiger partial charge on any atom is -0.480 e. The smallest absolute Gasteiger partial charge is 0.322 e. The zero-order chi connectivity index (χ0) is 34.1. The number of carboxylic acid groups (broad SMARTS) is 1. The van der Waals surface area contributed by atoms with Crippen molar-refractivity contribution in [3.63, 3.8) is 0 Å². The number of amidine groups is 1. The van der Waals surface area contributed by atoms with Gasteiger partial charge in [0.15, 0.2) is 5.82 Å². The highest BCUT2D eigenvalue weighted by atomic mass is 16.4. The number of hydrogen-bond acceptors (Lipinski definition) is 9. The predicted molar refractivity (Wildman–Crippen MR) is 174 cm³/mol. The Morgan fingerprint density at radius 1 is 1.02 bits per heavy atom. The van der Waals surface area contributed by atoms with Crippen molar-refractivity contribution < 1.29 is 24.3 Å². The first-order chi connectivity index (χ1) is 21.7. The Hall–Kier alpha value is -5.73. The number of nitrogens with zero attached hydrogens (tertiary/aromatic N) is 2. The molecule has 1 aromatic heterocycles. The lowest BCUT2D eigenvalue weighted by atomic mass is 10.0.